The minimum atomic E-state index is -1.16. The van der Waals surface area contributed by atoms with Gasteiger partial charge in [-0.15, -0.1) is 0 Å². The summed E-state index contributed by atoms with van der Waals surface area (Å²) in [6.07, 6.45) is 5.35. The molecule has 8 heteroatoms. The number of aldehydes is 1. The van der Waals surface area contributed by atoms with E-state index in [9.17, 15) is 19.8 Å². The smallest absolute Gasteiger partial charge is 0.335 e. The molecule has 8 nitrogen and oxygen atoms in total. The van der Waals surface area contributed by atoms with E-state index in [1.807, 2.05) is 0 Å². The van der Waals surface area contributed by atoms with Crippen molar-refractivity contribution in [1.82, 2.24) is 0 Å². The molecule has 4 saturated carbocycles. The lowest BCUT2D eigenvalue weighted by molar-refractivity contribution is -0.543. The lowest BCUT2D eigenvalue weighted by atomic mass is 9.40. The van der Waals surface area contributed by atoms with Gasteiger partial charge in [-0.3, -0.25) is 0 Å². The van der Waals surface area contributed by atoms with E-state index >= 15 is 0 Å². The molecule has 1 aromatic rings. The van der Waals surface area contributed by atoms with Gasteiger partial charge in [-0.25, -0.2) is 4.79 Å². The van der Waals surface area contributed by atoms with E-state index in [2.05, 4.69) is 6.92 Å². The van der Waals surface area contributed by atoms with E-state index in [4.69, 9.17) is 18.6 Å². The normalized spacial score (nSPS) is 57.1. The first-order valence-corrected chi connectivity index (χ1v) is 12.6. The van der Waals surface area contributed by atoms with E-state index in [1.54, 1.807) is 13.0 Å². The van der Waals surface area contributed by atoms with Crippen molar-refractivity contribution in [3.05, 3.63) is 34.4 Å². The van der Waals surface area contributed by atoms with E-state index in [0.29, 0.717) is 44.9 Å². The molecule has 1 aromatic heterocycles. The summed E-state index contributed by atoms with van der Waals surface area (Å²) < 4.78 is 23.8. The molecular weight excluding hydrogens is 440 g/mol. The average Bonchev–Trinajstić information content (AvgIpc) is 3.03. The fourth-order valence-corrected chi connectivity index (χ4v) is 9.59. The van der Waals surface area contributed by atoms with Crippen molar-refractivity contribution in [3.63, 3.8) is 0 Å². The van der Waals surface area contributed by atoms with Crippen LogP contribution in [0, 0.1) is 22.7 Å². The molecule has 11 atom stereocenters. The molecular formula is C26H32O8. The Labute approximate surface area is 197 Å². The SMILES string of the molecule is CC12O[C@H]3C[C@@H](O1)[C@]1(C=O)C4C(O)C[C@]5(C)CC(c6ccc(=O)oc6)C[C@]5(O)[C@@H]4CC[C@@]1(C3)O2. The van der Waals surface area contributed by atoms with Crippen LogP contribution in [0.25, 0.3) is 0 Å². The summed E-state index contributed by atoms with van der Waals surface area (Å²) in [5.41, 5.74) is -2.87. The standard InChI is InChI=1S/C26H32O8/c1-22-8-15(14-3-4-20(29)31-12-14)9-26(22,30)17-5-6-24-10-16-7-19(33-23(2,32-16)34-24)25(24,13-27)21(17)18(28)11-22/h3-4,12-13,15-19,21,28,30H,5-11H2,1-2H3/t15?,16-,17+,18?,19+,21?,22-,23?,24-,25+,26-/m0/s1. The summed E-state index contributed by atoms with van der Waals surface area (Å²) >= 11 is 0. The van der Waals surface area contributed by atoms with E-state index < -0.39 is 51.8 Å². The van der Waals surface area contributed by atoms with Gasteiger partial charge < -0.3 is 33.6 Å². The highest BCUT2D eigenvalue weighted by atomic mass is 16.9. The highest BCUT2D eigenvalue weighted by Crippen LogP contribution is 2.73. The maximum absolute atomic E-state index is 13.1. The molecule has 3 saturated heterocycles. The Balaban J connectivity index is 1.32. The molecule has 1 spiro atoms. The molecule has 184 valence electrons. The first-order valence-electron chi connectivity index (χ1n) is 12.6. The third kappa shape index (κ3) is 2.37. The predicted molar refractivity (Wildman–Crippen MR) is 117 cm³/mol. The number of hydrogen-bond acceptors (Lipinski definition) is 8. The van der Waals surface area contributed by atoms with Gasteiger partial charge >= 0.3 is 5.63 Å². The maximum atomic E-state index is 13.1. The Bertz CT molecular complexity index is 1100. The van der Waals surface area contributed by atoms with E-state index in [1.165, 1.54) is 12.3 Å². The topological polar surface area (TPSA) is 115 Å². The molecule has 0 aromatic carbocycles. The van der Waals surface area contributed by atoms with Crippen LogP contribution in [0.4, 0.5) is 0 Å². The van der Waals surface area contributed by atoms with Gasteiger partial charge in [-0.2, -0.15) is 0 Å². The van der Waals surface area contributed by atoms with Crippen LogP contribution >= 0.6 is 0 Å². The number of carbonyl (C=O) groups excluding carboxylic acids is 1. The molecule has 4 heterocycles. The molecule has 34 heavy (non-hydrogen) atoms. The van der Waals surface area contributed by atoms with Crippen LogP contribution in [0.3, 0.4) is 0 Å². The highest BCUT2D eigenvalue weighted by Gasteiger charge is 2.80. The Morgan fingerprint density at radius 1 is 1.12 bits per heavy atom. The fraction of sp³-hybridized carbons (Fsp3) is 0.769. The number of ether oxygens (including phenoxy) is 3. The molecule has 4 unspecified atom stereocenters. The molecule has 3 aliphatic heterocycles. The number of aliphatic hydroxyl groups excluding tert-OH is 1. The van der Waals surface area contributed by atoms with Gasteiger partial charge in [0, 0.05) is 31.7 Å². The number of rotatable bonds is 2. The summed E-state index contributed by atoms with van der Waals surface area (Å²) in [5.74, 6) is -1.88. The van der Waals surface area contributed by atoms with Crippen LogP contribution in [0.1, 0.15) is 70.3 Å². The monoisotopic (exact) mass is 472 g/mol. The van der Waals surface area contributed by atoms with Crippen LogP contribution in [-0.2, 0) is 19.0 Å². The van der Waals surface area contributed by atoms with Crippen LogP contribution in [-0.4, -0.2) is 52.0 Å². The van der Waals surface area contributed by atoms with Crippen molar-refractivity contribution >= 4 is 6.29 Å². The van der Waals surface area contributed by atoms with Crippen LogP contribution in [0.15, 0.2) is 27.6 Å². The second-order valence-corrected chi connectivity index (χ2v) is 12.2. The fourth-order valence-electron chi connectivity index (χ4n) is 9.59. The molecule has 7 fully saturated rings. The zero-order valence-electron chi connectivity index (χ0n) is 19.6. The van der Waals surface area contributed by atoms with Gasteiger partial charge in [0.1, 0.15) is 6.29 Å². The minimum Gasteiger partial charge on any atom is -0.431 e. The van der Waals surface area contributed by atoms with Crippen LogP contribution in [0.5, 0.6) is 0 Å². The summed E-state index contributed by atoms with van der Waals surface area (Å²) in [6.45, 7) is 3.83. The largest absolute Gasteiger partial charge is 0.431 e. The van der Waals surface area contributed by atoms with Gasteiger partial charge in [0.2, 0.25) is 0 Å². The summed E-state index contributed by atoms with van der Waals surface area (Å²) in [5, 5.41) is 24.1. The Morgan fingerprint density at radius 3 is 2.65 bits per heavy atom. The number of fused-ring (bicyclic) bond motifs is 3. The second-order valence-electron chi connectivity index (χ2n) is 12.2. The maximum Gasteiger partial charge on any atom is 0.335 e. The molecule has 4 bridgehead atoms. The van der Waals surface area contributed by atoms with Crippen LogP contribution < -0.4 is 5.63 Å². The zero-order chi connectivity index (χ0) is 23.7. The number of hydrogen-bond donors (Lipinski definition) is 2. The van der Waals surface area contributed by atoms with Gasteiger partial charge in [0.25, 0.3) is 5.97 Å². The third-order valence-corrected chi connectivity index (χ3v) is 10.7. The number of aliphatic hydroxyl groups is 2. The van der Waals surface area contributed by atoms with Crippen molar-refractivity contribution in [1.29, 1.82) is 0 Å². The van der Waals surface area contributed by atoms with Crippen LogP contribution in [0.2, 0.25) is 0 Å². The van der Waals surface area contributed by atoms with Gasteiger partial charge in [-0.05, 0) is 61.0 Å². The average molecular weight is 473 g/mol. The minimum absolute atomic E-state index is 0.00618. The summed E-state index contributed by atoms with van der Waals surface area (Å²) in [4.78, 5) is 24.6. The number of carbonyl (C=O) groups is 1. The first kappa shape index (κ1) is 21.7. The lowest BCUT2D eigenvalue weighted by Gasteiger charge is -2.73. The quantitative estimate of drug-likeness (QED) is 0.630. The molecule has 2 N–H and O–H groups in total. The molecule has 8 rings (SSSR count). The Morgan fingerprint density at radius 2 is 1.94 bits per heavy atom. The van der Waals surface area contributed by atoms with Crippen molar-refractivity contribution < 1.29 is 33.6 Å². The zero-order valence-corrected chi connectivity index (χ0v) is 19.6. The third-order valence-electron chi connectivity index (χ3n) is 10.7. The first-order chi connectivity index (χ1) is 16.1. The van der Waals surface area contributed by atoms with Gasteiger partial charge in [0.05, 0.1) is 41.2 Å². The van der Waals surface area contributed by atoms with Crippen molar-refractivity contribution in [2.75, 3.05) is 0 Å². The van der Waals surface area contributed by atoms with Crippen molar-refractivity contribution in [2.24, 2.45) is 22.7 Å². The van der Waals surface area contributed by atoms with E-state index in [0.717, 1.165) is 11.8 Å². The van der Waals surface area contributed by atoms with Crippen molar-refractivity contribution in [2.45, 2.75) is 100 Å². The second kappa shape index (κ2) is 6.40. The molecule has 0 radical (unpaired) electrons. The lowest BCUT2D eigenvalue weighted by Crippen LogP contribution is -2.82. The molecule has 7 aliphatic rings. The Kier molecular flexibility index (Phi) is 4.08. The molecule has 4 aliphatic carbocycles. The molecule has 0 amide bonds. The van der Waals surface area contributed by atoms with E-state index in [-0.39, 0.29) is 17.9 Å². The predicted octanol–water partition coefficient (Wildman–Crippen LogP) is 2.25. The van der Waals surface area contributed by atoms with Gasteiger partial charge in [-0.1, -0.05) is 6.92 Å². The highest BCUT2D eigenvalue weighted by molar-refractivity contribution is 5.66. The summed E-state index contributed by atoms with van der Waals surface area (Å²) in [7, 11) is 0. The Hall–Kier alpha value is -1.58. The van der Waals surface area contributed by atoms with Crippen molar-refractivity contribution in [3.8, 4) is 0 Å². The van der Waals surface area contributed by atoms with Gasteiger partial charge in [0.15, 0.2) is 0 Å². The summed E-state index contributed by atoms with van der Waals surface area (Å²) in [6, 6.07) is 3.19.